The van der Waals surface area contributed by atoms with Crippen LogP contribution < -0.4 is 31.9 Å². The standard InChI is InChI=1S/C41H49Cl2FN12O5/c42-29-16-50-34(56-41(59)28-15-46-19-32(28)57)9-26(29)31-18-47-20-36(53-31)49-12-23-3-6-61-33(7-23)24-8-25(14-45-13-24)40(58)55-35-10-27(30(44)17-51-35)38-39(43)52-21-37(54-38)48-11-22-1-4-60-5-2-22/h9-10,16-18,20-25,28,32-33,45-46,57H,1-8,11-15,19H2,(H,48,54)(H,49,53)(H,50,56,59)(H,51,55,58). The zero-order valence-electron chi connectivity index (χ0n) is 33.4. The maximum absolute atomic E-state index is 15.2. The summed E-state index contributed by atoms with van der Waals surface area (Å²) in [6.45, 7) is 5.30. The summed E-state index contributed by atoms with van der Waals surface area (Å²) in [6.07, 6.45) is 10.6. The molecule has 4 saturated heterocycles. The first-order chi connectivity index (χ1) is 29.7. The van der Waals surface area contributed by atoms with Crippen LogP contribution in [-0.4, -0.2) is 118 Å². The van der Waals surface area contributed by atoms with E-state index in [0.29, 0.717) is 91.9 Å². The molecule has 0 aliphatic carbocycles. The van der Waals surface area contributed by atoms with Crippen molar-refractivity contribution in [2.45, 2.75) is 44.3 Å². The molecule has 8 rings (SSSR count). The number of aromatic nitrogens is 6. The predicted octanol–water partition coefficient (Wildman–Crippen LogP) is 4.27. The van der Waals surface area contributed by atoms with E-state index in [1.807, 2.05) is 0 Å². The van der Waals surface area contributed by atoms with Gasteiger partial charge in [0.1, 0.15) is 29.0 Å². The number of rotatable bonds is 13. The van der Waals surface area contributed by atoms with E-state index in [1.165, 1.54) is 18.5 Å². The van der Waals surface area contributed by atoms with Gasteiger partial charge in [0, 0.05) is 76.4 Å². The topological polar surface area (TPSA) is 222 Å². The van der Waals surface area contributed by atoms with Gasteiger partial charge in [0.05, 0.1) is 59.5 Å². The number of pyridine rings is 2. The van der Waals surface area contributed by atoms with Crippen molar-refractivity contribution in [2.75, 3.05) is 80.4 Å². The van der Waals surface area contributed by atoms with Crippen LogP contribution in [0.4, 0.5) is 27.7 Å². The number of nitrogens with one attached hydrogen (secondary N) is 6. The van der Waals surface area contributed by atoms with Gasteiger partial charge in [-0.1, -0.05) is 23.2 Å². The summed E-state index contributed by atoms with van der Waals surface area (Å²) in [4.78, 5) is 52.7. The first-order valence-corrected chi connectivity index (χ1v) is 21.5. The molecule has 4 aromatic heterocycles. The number of carbonyl (C=O) groups excluding carboxylic acids is 2. The molecule has 61 heavy (non-hydrogen) atoms. The molecule has 4 fully saturated rings. The number of β-amino-alcohol motifs (C(OH)–C–C–N with tert-alkyl or cyclic N) is 1. The Morgan fingerprint density at radius 1 is 0.770 bits per heavy atom. The Labute approximate surface area is 362 Å². The highest BCUT2D eigenvalue weighted by atomic mass is 35.5. The van der Waals surface area contributed by atoms with Crippen molar-refractivity contribution < 1.29 is 28.6 Å². The van der Waals surface area contributed by atoms with Crippen LogP contribution in [0.15, 0.2) is 43.1 Å². The summed E-state index contributed by atoms with van der Waals surface area (Å²) in [5, 5.41) is 29.3. The molecular weight excluding hydrogens is 830 g/mol. The third-order valence-corrected chi connectivity index (χ3v) is 12.4. The van der Waals surface area contributed by atoms with Gasteiger partial charge in [-0.3, -0.25) is 14.6 Å². The Balaban J connectivity index is 0.848. The van der Waals surface area contributed by atoms with Gasteiger partial charge in [-0.2, -0.15) is 0 Å². The molecule has 7 N–H and O–H groups in total. The second-order valence-electron chi connectivity index (χ2n) is 16.1. The largest absolute Gasteiger partial charge is 0.391 e. The molecule has 0 spiro atoms. The van der Waals surface area contributed by atoms with Crippen molar-refractivity contribution in [3.05, 3.63) is 59.1 Å². The van der Waals surface area contributed by atoms with E-state index >= 15 is 4.39 Å². The SMILES string of the molecule is O=C(Nc1cc(-c2nc(NCC3CCOCC3)cnc2Cl)c(F)cn1)C1CNCC(C2CC(CNc3cncc(-c4cc(NC(=O)C5CNCC5O)ncc4Cl)n3)CCO2)C1. The van der Waals surface area contributed by atoms with Gasteiger partial charge in [0.15, 0.2) is 11.0 Å². The molecule has 2 amide bonds. The third-order valence-electron chi connectivity index (χ3n) is 11.8. The molecule has 4 aliphatic heterocycles. The van der Waals surface area contributed by atoms with E-state index in [9.17, 15) is 14.7 Å². The summed E-state index contributed by atoms with van der Waals surface area (Å²) < 4.78 is 26.9. The Hall–Kier alpha value is -4.69. The number of ether oxygens (including phenoxy) is 2. The van der Waals surface area contributed by atoms with Crippen LogP contribution >= 0.6 is 23.2 Å². The smallest absolute Gasteiger partial charge is 0.232 e. The summed E-state index contributed by atoms with van der Waals surface area (Å²) in [5.41, 5.74) is 1.29. The van der Waals surface area contributed by atoms with Crippen LogP contribution in [0.1, 0.15) is 32.1 Å². The molecule has 6 atom stereocenters. The molecule has 0 aromatic carbocycles. The maximum atomic E-state index is 15.2. The highest BCUT2D eigenvalue weighted by Crippen LogP contribution is 2.33. The number of hydrogen-bond acceptors (Lipinski definition) is 15. The van der Waals surface area contributed by atoms with E-state index in [1.54, 1.807) is 18.5 Å². The number of hydrogen-bond donors (Lipinski definition) is 7. The molecule has 4 aliphatic rings. The van der Waals surface area contributed by atoms with Crippen LogP contribution in [0.5, 0.6) is 0 Å². The van der Waals surface area contributed by atoms with Gasteiger partial charge in [-0.15, -0.1) is 0 Å². The number of carbonyl (C=O) groups is 2. The maximum Gasteiger partial charge on any atom is 0.232 e. The van der Waals surface area contributed by atoms with Crippen molar-refractivity contribution >= 4 is 58.3 Å². The summed E-state index contributed by atoms with van der Waals surface area (Å²) in [5.74, 6) is 0.191. The minimum Gasteiger partial charge on any atom is -0.391 e. The van der Waals surface area contributed by atoms with Gasteiger partial charge in [-0.05, 0) is 62.0 Å². The predicted molar refractivity (Wildman–Crippen MR) is 228 cm³/mol. The number of amides is 2. The second-order valence-corrected chi connectivity index (χ2v) is 16.8. The van der Waals surface area contributed by atoms with Crippen LogP contribution in [-0.2, 0) is 19.1 Å². The van der Waals surface area contributed by atoms with E-state index in [2.05, 4.69) is 56.8 Å². The highest BCUT2D eigenvalue weighted by Gasteiger charge is 2.36. The lowest BCUT2D eigenvalue weighted by Gasteiger charge is -2.38. The Bertz CT molecular complexity index is 2190. The van der Waals surface area contributed by atoms with Crippen molar-refractivity contribution in [1.82, 2.24) is 40.5 Å². The van der Waals surface area contributed by atoms with Crippen LogP contribution in [0.25, 0.3) is 22.5 Å². The third kappa shape index (κ3) is 10.9. The zero-order chi connectivity index (χ0) is 42.3. The quantitative estimate of drug-likeness (QED) is 0.0997. The fourth-order valence-electron chi connectivity index (χ4n) is 8.30. The monoisotopic (exact) mass is 878 g/mol. The van der Waals surface area contributed by atoms with Crippen molar-refractivity contribution in [3.8, 4) is 22.5 Å². The van der Waals surface area contributed by atoms with Crippen LogP contribution in [0, 0.1) is 35.4 Å². The molecule has 20 heteroatoms. The summed E-state index contributed by atoms with van der Waals surface area (Å²) >= 11 is 12.9. The second kappa shape index (κ2) is 20.0. The molecule has 0 saturated carbocycles. The van der Waals surface area contributed by atoms with Crippen LogP contribution in [0.2, 0.25) is 10.2 Å². The van der Waals surface area contributed by atoms with Crippen LogP contribution in [0.3, 0.4) is 0 Å². The lowest BCUT2D eigenvalue weighted by atomic mass is 9.81. The molecule has 0 bridgehead atoms. The molecular formula is C41H49Cl2FN12O5. The number of piperidine rings is 1. The van der Waals surface area contributed by atoms with Crippen molar-refractivity contribution in [2.24, 2.45) is 29.6 Å². The number of nitrogens with zero attached hydrogens (tertiary/aromatic N) is 6. The Morgan fingerprint density at radius 3 is 2.30 bits per heavy atom. The van der Waals surface area contributed by atoms with E-state index in [4.69, 9.17) is 37.7 Å². The number of aliphatic hydroxyl groups is 1. The van der Waals surface area contributed by atoms with Crippen molar-refractivity contribution in [1.29, 1.82) is 0 Å². The van der Waals surface area contributed by atoms with E-state index in [-0.39, 0.29) is 57.9 Å². The Kier molecular flexibility index (Phi) is 14.1. The Morgan fingerprint density at radius 2 is 1.49 bits per heavy atom. The first-order valence-electron chi connectivity index (χ1n) is 20.7. The van der Waals surface area contributed by atoms with Crippen molar-refractivity contribution in [3.63, 3.8) is 0 Å². The normalized spacial score (nSPS) is 24.5. The fourth-order valence-corrected chi connectivity index (χ4v) is 8.70. The number of halogens is 3. The molecule has 17 nitrogen and oxygen atoms in total. The first kappa shape index (κ1) is 43.0. The van der Waals surface area contributed by atoms with E-state index < -0.39 is 17.8 Å². The lowest BCUT2D eigenvalue weighted by Crippen LogP contribution is -2.47. The average molecular weight is 880 g/mol. The molecule has 4 aromatic rings. The molecule has 6 unspecified atom stereocenters. The fraction of sp³-hybridized carbons (Fsp3) is 0.512. The summed E-state index contributed by atoms with van der Waals surface area (Å²) in [6, 6.07) is 3.08. The zero-order valence-corrected chi connectivity index (χ0v) is 34.9. The molecule has 8 heterocycles. The van der Waals surface area contributed by atoms with Gasteiger partial charge >= 0.3 is 0 Å². The lowest BCUT2D eigenvalue weighted by molar-refractivity contribution is -0.122. The summed E-state index contributed by atoms with van der Waals surface area (Å²) in [7, 11) is 0. The molecule has 0 radical (unpaired) electrons. The number of aliphatic hydroxyl groups excluding tert-OH is 1. The minimum absolute atomic E-state index is 0.0353. The minimum atomic E-state index is -0.765. The molecule has 324 valence electrons. The average Bonchev–Trinajstić information content (AvgIpc) is 3.73. The number of anilines is 4. The van der Waals surface area contributed by atoms with E-state index in [0.717, 1.165) is 45.1 Å². The van der Waals surface area contributed by atoms with Gasteiger partial charge in [0.2, 0.25) is 11.8 Å². The van der Waals surface area contributed by atoms with Gasteiger partial charge < -0.3 is 46.5 Å². The highest BCUT2D eigenvalue weighted by molar-refractivity contribution is 6.33. The van der Waals surface area contributed by atoms with Gasteiger partial charge in [-0.25, -0.2) is 29.3 Å². The van der Waals surface area contributed by atoms with Gasteiger partial charge in [0.25, 0.3) is 0 Å².